The van der Waals surface area contributed by atoms with E-state index in [4.69, 9.17) is 5.73 Å². The number of carbonyl (C=O) groups excluding carboxylic acids is 1. The van der Waals surface area contributed by atoms with E-state index in [1.54, 1.807) is 0 Å². The largest absolute Gasteiger partial charge is 0.382 e. The lowest BCUT2D eigenvalue weighted by Gasteiger charge is -2.04. The van der Waals surface area contributed by atoms with Crippen molar-refractivity contribution in [3.8, 4) is 0 Å². The van der Waals surface area contributed by atoms with E-state index in [2.05, 4.69) is 10.4 Å². The molecule has 1 aromatic heterocycles. The number of amides is 1. The third-order valence-electron chi connectivity index (χ3n) is 1.57. The first-order chi connectivity index (χ1) is 6.54. The zero-order chi connectivity index (χ0) is 10.7. The second kappa shape index (κ2) is 4.03. The maximum atomic E-state index is 12.0. The molecule has 0 fully saturated rings. The fourth-order valence-electron chi connectivity index (χ4n) is 1.02. The van der Waals surface area contributed by atoms with Crippen LogP contribution in [0.5, 0.6) is 0 Å². The second-order valence-corrected chi connectivity index (χ2v) is 2.61. The molecule has 0 aliphatic heterocycles. The van der Waals surface area contributed by atoms with Crippen molar-refractivity contribution in [2.24, 2.45) is 0 Å². The van der Waals surface area contributed by atoms with Crippen molar-refractivity contribution in [3.63, 3.8) is 0 Å². The molecule has 7 heteroatoms. The molecule has 0 saturated carbocycles. The molecule has 0 bridgehead atoms. The summed E-state index contributed by atoms with van der Waals surface area (Å²) < 4.78 is 25.0. The van der Waals surface area contributed by atoms with Gasteiger partial charge >= 0.3 is 0 Å². The monoisotopic (exact) mass is 204 g/mol. The van der Waals surface area contributed by atoms with Crippen molar-refractivity contribution in [2.45, 2.75) is 13.0 Å². The molecule has 78 valence electrons. The molecule has 1 amide bonds. The molecule has 0 radical (unpaired) electrons. The number of anilines is 1. The highest BCUT2D eigenvalue weighted by molar-refractivity contribution is 5.93. The zero-order valence-corrected chi connectivity index (χ0v) is 7.50. The van der Waals surface area contributed by atoms with Gasteiger partial charge in [-0.05, 0) is 0 Å². The first-order valence-electron chi connectivity index (χ1n) is 3.88. The molecule has 1 aromatic rings. The molecule has 0 unspecified atom stereocenters. The highest BCUT2D eigenvalue weighted by Gasteiger charge is 2.15. The molecule has 5 nitrogen and oxygen atoms in total. The van der Waals surface area contributed by atoms with Crippen LogP contribution in [-0.2, 0) is 6.54 Å². The van der Waals surface area contributed by atoms with E-state index in [0.29, 0.717) is 0 Å². The van der Waals surface area contributed by atoms with Gasteiger partial charge in [0.1, 0.15) is 18.1 Å². The van der Waals surface area contributed by atoms with Crippen LogP contribution in [0.2, 0.25) is 0 Å². The molecular formula is C7H10F2N4O. The summed E-state index contributed by atoms with van der Waals surface area (Å²) in [7, 11) is 1.40. The van der Waals surface area contributed by atoms with Gasteiger partial charge < -0.3 is 11.1 Å². The van der Waals surface area contributed by atoms with Gasteiger partial charge in [0.2, 0.25) is 0 Å². The van der Waals surface area contributed by atoms with Crippen LogP contribution < -0.4 is 11.1 Å². The van der Waals surface area contributed by atoms with Gasteiger partial charge in [0.05, 0.1) is 0 Å². The first-order valence-corrected chi connectivity index (χ1v) is 3.88. The Morgan fingerprint density at radius 3 is 2.93 bits per heavy atom. The third kappa shape index (κ3) is 2.18. The molecule has 0 aromatic carbocycles. The minimum Gasteiger partial charge on any atom is -0.382 e. The van der Waals surface area contributed by atoms with Crippen molar-refractivity contribution < 1.29 is 13.6 Å². The van der Waals surface area contributed by atoms with Crippen LogP contribution in [-0.4, -0.2) is 29.2 Å². The quantitative estimate of drug-likeness (QED) is 0.732. The fourth-order valence-corrected chi connectivity index (χ4v) is 1.02. The van der Waals surface area contributed by atoms with Crippen LogP contribution in [0.25, 0.3) is 0 Å². The van der Waals surface area contributed by atoms with E-state index in [1.165, 1.54) is 13.1 Å². The predicted molar refractivity (Wildman–Crippen MR) is 46.0 cm³/mol. The molecule has 1 rings (SSSR count). The number of halogens is 2. The van der Waals surface area contributed by atoms with E-state index in [9.17, 15) is 13.6 Å². The summed E-state index contributed by atoms with van der Waals surface area (Å²) >= 11 is 0. The van der Waals surface area contributed by atoms with Gasteiger partial charge in [0, 0.05) is 13.1 Å². The Bertz CT molecular complexity index is 336. The minimum absolute atomic E-state index is 0.0327. The number of aromatic nitrogens is 2. The second-order valence-electron chi connectivity index (χ2n) is 2.61. The highest BCUT2D eigenvalue weighted by atomic mass is 19.3. The van der Waals surface area contributed by atoms with Crippen LogP contribution in [0.4, 0.5) is 14.6 Å². The van der Waals surface area contributed by atoms with Crippen LogP contribution in [0.15, 0.2) is 6.07 Å². The molecule has 0 aliphatic carbocycles. The van der Waals surface area contributed by atoms with E-state index >= 15 is 0 Å². The summed E-state index contributed by atoms with van der Waals surface area (Å²) in [5.41, 5.74) is 5.32. The average Bonchev–Trinajstić information content (AvgIpc) is 2.44. The maximum Gasteiger partial charge on any atom is 0.269 e. The van der Waals surface area contributed by atoms with Crippen LogP contribution in [0.3, 0.4) is 0 Å². The Labute approximate surface area is 78.9 Å². The number of nitrogens with one attached hydrogen (secondary N) is 1. The van der Waals surface area contributed by atoms with Gasteiger partial charge in [-0.2, -0.15) is 5.10 Å². The summed E-state index contributed by atoms with van der Waals surface area (Å²) in [6.45, 7) is -0.639. The Kier molecular flexibility index (Phi) is 3.00. The van der Waals surface area contributed by atoms with Crippen molar-refractivity contribution in [1.82, 2.24) is 15.1 Å². The Morgan fingerprint density at radius 2 is 2.43 bits per heavy atom. The van der Waals surface area contributed by atoms with E-state index in [1.807, 2.05) is 0 Å². The van der Waals surface area contributed by atoms with Gasteiger partial charge in [-0.3, -0.25) is 9.48 Å². The third-order valence-corrected chi connectivity index (χ3v) is 1.57. The topological polar surface area (TPSA) is 72.9 Å². The SMILES string of the molecule is CNC(=O)c1cc(N)nn1CC(F)F. The summed E-state index contributed by atoms with van der Waals surface area (Å²) in [6.07, 6.45) is -2.57. The number of nitrogens with zero attached hydrogens (tertiary/aromatic N) is 2. The lowest BCUT2D eigenvalue weighted by molar-refractivity contribution is 0.0933. The van der Waals surface area contributed by atoms with Crippen molar-refractivity contribution in [1.29, 1.82) is 0 Å². The number of carbonyl (C=O) groups is 1. The normalized spacial score (nSPS) is 10.6. The van der Waals surface area contributed by atoms with Gasteiger partial charge in [-0.25, -0.2) is 8.78 Å². The summed E-state index contributed by atoms with van der Waals surface area (Å²) in [6, 6.07) is 1.25. The van der Waals surface area contributed by atoms with E-state index in [-0.39, 0.29) is 11.5 Å². The number of rotatable bonds is 3. The zero-order valence-electron chi connectivity index (χ0n) is 7.50. The average molecular weight is 204 g/mol. The fraction of sp³-hybridized carbons (Fsp3) is 0.429. The molecule has 1 heterocycles. The van der Waals surface area contributed by atoms with Gasteiger partial charge in [0.25, 0.3) is 12.3 Å². The number of hydrogen-bond donors (Lipinski definition) is 2. The summed E-state index contributed by atoms with van der Waals surface area (Å²) in [5, 5.41) is 5.88. The van der Waals surface area contributed by atoms with Crippen molar-refractivity contribution in [2.75, 3.05) is 12.8 Å². The Hall–Kier alpha value is -1.66. The lowest BCUT2D eigenvalue weighted by Crippen LogP contribution is -2.23. The molecule has 3 N–H and O–H groups in total. The van der Waals surface area contributed by atoms with Gasteiger partial charge in [0.15, 0.2) is 0 Å². The number of nitrogen functional groups attached to an aromatic ring is 1. The lowest BCUT2D eigenvalue weighted by atomic mass is 10.4. The summed E-state index contributed by atoms with van der Waals surface area (Å²) in [4.78, 5) is 11.2. The Morgan fingerprint density at radius 1 is 1.79 bits per heavy atom. The Balaban J connectivity index is 2.96. The van der Waals surface area contributed by atoms with Crippen molar-refractivity contribution in [3.05, 3.63) is 11.8 Å². The van der Waals surface area contributed by atoms with Crippen molar-refractivity contribution >= 4 is 11.7 Å². The molecule has 0 spiro atoms. The van der Waals surface area contributed by atoms with Crippen LogP contribution in [0.1, 0.15) is 10.5 Å². The molecule has 14 heavy (non-hydrogen) atoms. The number of nitrogens with two attached hydrogens (primary N) is 1. The molecule has 0 aliphatic rings. The minimum atomic E-state index is -2.57. The smallest absolute Gasteiger partial charge is 0.269 e. The van der Waals surface area contributed by atoms with Crippen LogP contribution in [0, 0.1) is 0 Å². The molecule has 0 saturated heterocycles. The van der Waals surface area contributed by atoms with Crippen LogP contribution >= 0.6 is 0 Å². The highest BCUT2D eigenvalue weighted by Crippen LogP contribution is 2.08. The van der Waals surface area contributed by atoms with E-state index in [0.717, 1.165) is 4.68 Å². The van der Waals surface area contributed by atoms with Gasteiger partial charge in [-0.15, -0.1) is 0 Å². The van der Waals surface area contributed by atoms with Gasteiger partial charge in [-0.1, -0.05) is 0 Å². The summed E-state index contributed by atoms with van der Waals surface area (Å²) in [5.74, 6) is -0.445. The molecular weight excluding hydrogens is 194 g/mol. The number of hydrogen-bond acceptors (Lipinski definition) is 3. The first kappa shape index (κ1) is 10.4. The standard InChI is InChI=1S/C7H10F2N4O/c1-11-7(14)4-2-6(10)12-13(4)3-5(8)9/h2,5H,3H2,1H3,(H2,10,12)(H,11,14). The maximum absolute atomic E-state index is 12.0. The van der Waals surface area contributed by atoms with E-state index < -0.39 is 18.9 Å². The predicted octanol–water partition coefficient (Wildman–Crippen LogP) is 0.0900. The molecule has 0 atom stereocenters. The number of alkyl halides is 2.